The van der Waals surface area contributed by atoms with Gasteiger partial charge in [0.05, 0.1) is 12.8 Å². The summed E-state index contributed by atoms with van der Waals surface area (Å²) in [4.78, 5) is 2.37. The SMILES string of the molecule is COc1ccccc1NC1CCCN(C)C1. The molecule has 1 unspecified atom stereocenters. The molecule has 0 saturated carbocycles. The number of nitrogens with one attached hydrogen (secondary N) is 1. The molecule has 16 heavy (non-hydrogen) atoms. The number of nitrogens with zero attached hydrogens (tertiary/aromatic N) is 1. The molecule has 3 nitrogen and oxygen atoms in total. The average molecular weight is 220 g/mol. The minimum atomic E-state index is 0.537. The van der Waals surface area contributed by atoms with Crippen molar-refractivity contribution in [2.75, 3.05) is 32.6 Å². The Bertz CT molecular complexity index is 340. The van der Waals surface area contributed by atoms with Crippen LogP contribution in [0.2, 0.25) is 0 Å². The second-order valence-electron chi connectivity index (χ2n) is 4.45. The molecule has 1 aromatic carbocycles. The molecule has 0 bridgehead atoms. The molecule has 2 rings (SSSR count). The van der Waals surface area contributed by atoms with Gasteiger partial charge >= 0.3 is 0 Å². The molecule has 1 aliphatic rings. The van der Waals surface area contributed by atoms with Crippen LogP contribution in [0.25, 0.3) is 0 Å². The van der Waals surface area contributed by atoms with Crippen molar-refractivity contribution in [2.24, 2.45) is 0 Å². The Morgan fingerprint density at radius 3 is 2.94 bits per heavy atom. The molecule has 3 heteroatoms. The Hall–Kier alpha value is -1.22. The molecule has 1 saturated heterocycles. The van der Waals surface area contributed by atoms with Crippen molar-refractivity contribution in [1.82, 2.24) is 4.90 Å². The molecule has 1 atom stereocenters. The highest BCUT2D eigenvalue weighted by Gasteiger charge is 2.17. The lowest BCUT2D eigenvalue weighted by atomic mass is 10.1. The fourth-order valence-corrected chi connectivity index (χ4v) is 2.27. The summed E-state index contributed by atoms with van der Waals surface area (Å²) < 4.78 is 5.34. The summed E-state index contributed by atoms with van der Waals surface area (Å²) in [6.45, 7) is 2.32. The fraction of sp³-hybridized carbons (Fsp3) is 0.538. The minimum absolute atomic E-state index is 0.537. The summed E-state index contributed by atoms with van der Waals surface area (Å²) in [6.07, 6.45) is 2.51. The van der Waals surface area contributed by atoms with E-state index in [-0.39, 0.29) is 0 Å². The van der Waals surface area contributed by atoms with Gasteiger partial charge in [-0.3, -0.25) is 0 Å². The molecule has 88 valence electrons. The standard InChI is InChI=1S/C13H20N2O/c1-15-9-5-6-11(10-15)14-12-7-3-4-8-13(12)16-2/h3-4,7-8,11,14H,5-6,9-10H2,1-2H3. The van der Waals surface area contributed by atoms with Crippen LogP contribution in [-0.2, 0) is 0 Å². The third kappa shape index (κ3) is 2.67. The number of piperidine rings is 1. The Balaban J connectivity index is 2.02. The van der Waals surface area contributed by atoms with E-state index in [2.05, 4.69) is 23.3 Å². The molecule has 1 fully saturated rings. The first-order valence-electron chi connectivity index (χ1n) is 5.87. The van der Waals surface area contributed by atoms with Crippen molar-refractivity contribution in [3.8, 4) is 5.75 Å². The van der Waals surface area contributed by atoms with Crippen molar-refractivity contribution in [1.29, 1.82) is 0 Å². The van der Waals surface area contributed by atoms with Crippen LogP contribution < -0.4 is 10.1 Å². The summed E-state index contributed by atoms with van der Waals surface area (Å²) in [5, 5.41) is 3.56. The molecule has 0 amide bonds. The van der Waals surface area contributed by atoms with Gasteiger partial charge in [0.15, 0.2) is 0 Å². The lowest BCUT2D eigenvalue weighted by Crippen LogP contribution is -2.39. The maximum atomic E-state index is 5.34. The van der Waals surface area contributed by atoms with Crippen molar-refractivity contribution in [3.05, 3.63) is 24.3 Å². The van der Waals surface area contributed by atoms with E-state index in [4.69, 9.17) is 4.74 Å². The highest BCUT2D eigenvalue weighted by molar-refractivity contribution is 5.56. The Labute approximate surface area is 97.4 Å². The molecule has 1 aromatic rings. The molecule has 1 aliphatic heterocycles. The summed E-state index contributed by atoms with van der Waals surface area (Å²) in [5.41, 5.74) is 1.10. The van der Waals surface area contributed by atoms with Crippen LogP contribution in [0, 0.1) is 0 Å². The van der Waals surface area contributed by atoms with Gasteiger partial charge in [-0.1, -0.05) is 12.1 Å². The second kappa shape index (κ2) is 5.21. The minimum Gasteiger partial charge on any atom is -0.495 e. The van der Waals surface area contributed by atoms with Gasteiger partial charge in [0.1, 0.15) is 5.75 Å². The summed E-state index contributed by atoms with van der Waals surface area (Å²) in [5.74, 6) is 0.927. The number of methoxy groups -OCH3 is 1. The molecule has 0 radical (unpaired) electrons. The number of likely N-dealkylation sites (tertiary alicyclic amines) is 1. The lowest BCUT2D eigenvalue weighted by molar-refractivity contribution is 0.260. The normalized spacial score (nSPS) is 21.8. The van der Waals surface area contributed by atoms with Gasteiger partial charge in [0, 0.05) is 12.6 Å². The smallest absolute Gasteiger partial charge is 0.141 e. The topological polar surface area (TPSA) is 24.5 Å². The third-order valence-corrected chi connectivity index (χ3v) is 3.09. The predicted molar refractivity (Wildman–Crippen MR) is 67.1 cm³/mol. The van der Waals surface area contributed by atoms with Gasteiger partial charge in [-0.25, -0.2) is 0 Å². The van der Waals surface area contributed by atoms with Crippen molar-refractivity contribution in [2.45, 2.75) is 18.9 Å². The van der Waals surface area contributed by atoms with E-state index in [0.717, 1.165) is 18.0 Å². The number of anilines is 1. The number of likely N-dealkylation sites (N-methyl/N-ethyl adjacent to an activating group) is 1. The van der Waals surface area contributed by atoms with E-state index in [1.54, 1.807) is 7.11 Å². The van der Waals surface area contributed by atoms with E-state index in [1.807, 2.05) is 18.2 Å². The van der Waals surface area contributed by atoms with Crippen LogP contribution in [0.4, 0.5) is 5.69 Å². The molecular formula is C13H20N2O. The maximum Gasteiger partial charge on any atom is 0.141 e. The molecule has 1 heterocycles. The van der Waals surface area contributed by atoms with Crippen LogP contribution in [-0.4, -0.2) is 38.2 Å². The number of rotatable bonds is 3. The van der Waals surface area contributed by atoms with Crippen LogP contribution in [0.5, 0.6) is 5.75 Å². The second-order valence-corrected chi connectivity index (χ2v) is 4.45. The van der Waals surface area contributed by atoms with Crippen molar-refractivity contribution < 1.29 is 4.74 Å². The quantitative estimate of drug-likeness (QED) is 0.845. The maximum absolute atomic E-state index is 5.34. The number of para-hydroxylation sites is 2. The van der Waals surface area contributed by atoms with Gasteiger partial charge in [0.2, 0.25) is 0 Å². The largest absolute Gasteiger partial charge is 0.495 e. The summed E-state index contributed by atoms with van der Waals surface area (Å²) in [6, 6.07) is 8.64. The zero-order chi connectivity index (χ0) is 11.4. The van der Waals surface area contributed by atoms with Crippen molar-refractivity contribution >= 4 is 5.69 Å². The van der Waals surface area contributed by atoms with Gasteiger partial charge in [-0.15, -0.1) is 0 Å². The number of ether oxygens (including phenoxy) is 1. The van der Waals surface area contributed by atoms with Gasteiger partial charge in [-0.05, 0) is 38.6 Å². The number of benzene rings is 1. The van der Waals surface area contributed by atoms with E-state index >= 15 is 0 Å². The van der Waals surface area contributed by atoms with E-state index in [1.165, 1.54) is 19.4 Å². The highest BCUT2D eigenvalue weighted by Crippen LogP contribution is 2.25. The number of hydrogen-bond acceptors (Lipinski definition) is 3. The third-order valence-electron chi connectivity index (χ3n) is 3.09. The zero-order valence-corrected chi connectivity index (χ0v) is 10.1. The first-order valence-corrected chi connectivity index (χ1v) is 5.87. The van der Waals surface area contributed by atoms with Gasteiger partial charge in [0.25, 0.3) is 0 Å². The molecule has 1 N–H and O–H groups in total. The van der Waals surface area contributed by atoms with Crippen LogP contribution in [0.1, 0.15) is 12.8 Å². The Morgan fingerprint density at radius 1 is 1.38 bits per heavy atom. The Kier molecular flexibility index (Phi) is 3.67. The lowest BCUT2D eigenvalue weighted by Gasteiger charge is -2.31. The van der Waals surface area contributed by atoms with Crippen LogP contribution in [0.3, 0.4) is 0 Å². The number of hydrogen-bond donors (Lipinski definition) is 1. The highest BCUT2D eigenvalue weighted by atomic mass is 16.5. The first kappa shape index (κ1) is 11.3. The predicted octanol–water partition coefficient (Wildman–Crippen LogP) is 2.20. The summed E-state index contributed by atoms with van der Waals surface area (Å²) in [7, 11) is 3.89. The molecule has 0 spiro atoms. The van der Waals surface area contributed by atoms with Crippen molar-refractivity contribution in [3.63, 3.8) is 0 Å². The molecule has 0 aromatic heterocycles. The van der Waals surface area contributed by atoms with E-state index < -0.39 is 0 Å². The van der Waals surface area contributed by atoms with Crippen LogP contribution in [0.15, 0.2) is 24.3 Å². The monoisotopic (exact) mass is 220 g/mol. The zero-order valence-electron chi connectivity index (χ0n) is 10.1. The Morgan fingerprint density at radius 2 is 2.19 bits per heavy atom. The van der Waals surface area contributed by atoms with Gasteiger partial charge in [-0.2, -0.15) is 0 Å². The first-order chi connectivity index (χ1) is 7.79. The van der Waals surface area contributed by atoms with E-state index in [0.29, 0.717) is 6.04 Å². The summed E-state index contributed by atoms with van der Waals surface area (Å²) >= 11 is 0. The fourth-order valence-electron chi connectivity index (χ4n) is 2.27. The van der Waals surface area contributed by atoms with E-state index in [9.17, 15) is 0 Å². The molecule has 0 aliphatic carbocycles. The average Bonchev–Trinajstić information content (AvgIpc) is 2.30. The molecular weight excluding hydrogens is 200 g/mol. The van der Waals surface area contributed by atoms with Gasteiger partial charge < -0.3 is 15.0 Å². The van der Waals surface area contributed by atoms with Crippen LogP contribution >= 0.6 is 0 Å².